The molecule has 0 saturated carbocycles. The largest absolute Gasteiger partial charge is 0.494 e. The van der Waals surface area contributed by atoms with Crippen molar-refractivity contribution in [1.82, 2.24) is 0 Å². The number of hydrogen-bond donors (Lipinski definition) is 1. The summed E-state index contributed by atoms with van der Waals surface area (Å²) < 4.78 is 11.3. The first-order valence-electron chi connectivity index (χ1n) is 8.65. The van der Waals surface area contributed by atoms with Gasteiger partial charge in [0.1, 0.15) is 11.5 Å². The highest BCUT2D eigenvalue weighted by Crippen LogP contribution is 2.30. The van der Waals surface area contributed by atoms with Crippen LogP contribution in [0.1, 0.15) is 39.7 Å². The van der Waals surface area contributed by atoms with Gasteiger partial charge in [0.25, 0.3) is 5.91 Å². The van der Waals surface area contributed by atoms with E-state index in [9.17, 15) is 4.79 Å². The maximum Gasteiger partial charge on any atom is 0.262 e. The van der Waals surface area contributed by atoms with Crippen molar-refractivity contribution in [1.29, 1.82) is 0 Å². The zero-order valence-corrected chi connectivity index (χ0v) is 15.5. The molecule has 0 aliphatic rings. The first-order valence-corrected chi connectivity index (χ1v) is 8.65. The number of hydrogen-bond acceptors (Lipinski definition) is 3. The van der Waals surface area contributed by atoms with Crippen molar-refractivity contribution in [3.63, 3.8) is 0 Å². The van der Waals surface area contributed by atoms with Crippen LogP contribution in [0.25, 0.3) is 0 Å². The van der Waals surface area contributed by atoms with Gasteiger partial charge in [0, 0.05) is 5.69 Å². The third-order valence-corrected chi connectivity index (χ3v) is 3.66. The normalized spacial score (nSPS) is 11.0. The van der Waals surface area contributed by atoms with E-state index in [4.69, 9.17) is 9.47 Å². The molecule has 0 saturated heterocycles. The molecular formula is C21H27NO3. The number of para-hydroxylation sites is 1. The van der Waals surface area contributed by atoms with E-state index in [1.165, 1.54) is 0 Å². The van der Waals surface area contributed by atoms with Crippen LogP contribution < -0.4 is 14.8 Å². The zero-order chi connectivity index (χ0) is 18.3. The van der Waals surface area contributed by atoms with Gasteiger partial charge < -0.3 is 14.8 Å². The Kier molecular flexibility index (Phi) is 6.45. The van der Waals surface area contributed by atoms with Crippen molar-refractivity contribution in [2.24, 2.45) is 0 Å². The van der Waals surface area contributed by atoms with E-state index >= 15 is 0 Å². The number of benzene rings is 2. The number of rotatable bonds is 7. The maximum absolute atomic E-state index is 12.1. The molecule has 0 unspecified atom stereocenters. The van der Waals surface area contributed by atoms with Crippen molar-refractivity contribution in [2.75, 3.05) is 18.5 Å². The summed E-state index contributed by atoms with van der Waals surface area (Å²) in [6, 6.07) is 15.2. The van der Waals surface area contributed by atoms with Crippen LogP contribution in [0.4, 0.5) is 5.69 Å². The Morgan fingerprint density at radius 1 is 1.00 bits per heavy atom. The van der Waals surface area contributed by atoms with Gasteiger partial charge in [0.2, 0.25) is 0 Å². The number of anilines is 1. The van der Waals surface area contributed by atoms with Crippen LogP contribution in [0, 0.1) is 0 Å². The molecule has 2 aromatic carbocycles. The minimum absolute atomic E-state index is 0.0266. The monoisotopic (exact) mass is 341 g/mol. The van der Waals surface area contributed by atoms with Gasteiger partial charge in [-0.15, -0.1) is 0 Å². The van der Waals surface area contributed by atoms with Crippen LogP contribution in [0.5, 0.6) is 11.5 Å². The second-order valence-corrected chi connectivity index (χ2v) is 6.96. The molecule has 0 radical (unpaired) electrons. The van der Waals surface area contributed by atoms with Crippen molar-refractivity contribution in [3.05, 3.63) is 54.1 Å². The summed E-state index contributed by atoms with van der Waals surface area (Å²) in [7, 11) is 0. The van der Waals surface area contributed by atoms with Crippen LogP contribution >= 0.6 is 0 Å². The van der Waals surface area contributed by atoms with Gasteiger partial charge in [-0.1, -0.05) is 45.9 Å². The highest BCUT2D eigenvalue weighted by atomic mass is 16.5. The maximum atomic E-state index is 12.1. The topological polar surface area (TPSA) is 47.6 Å². The van der Waals surface area contributed by atoms with Gasteiger partial charge in [-0.2, -0.15) is 0 Å². The molecule has 0 spiro atoms. The van der Waals surface area contributed by atoms with Crippen LogP contribution in [-0.2, 0) is 10.2 Å². The summed E-state index contributed by atoms with van der Waals surface area (Å²) in [6.07, 6.45) is 0.964. The molecule has 134 valence electrons. The van der Waals surface area contributed by atoms with Crippen molar-refractivity contribution in [3.8, 4) is 11.5 Å². The Bertz CT molecular complexity index is 687. The van der Waals surface area contributed by atoms with Crippen LogP contribution in [0.2, 0.25) is 0 Å². The minimum atomic E-state index is -0.189. The SMILES string of the molecule is CCCOc1ccc(NC(=O)COc2ccccc2C(C)(C)C)cc1. The Balaban J connectivity index is 1.91. The smallest absolute Gasteiger partial charge is 0.262 e. The van der Waals surface area contributed by atoms with Crippen molar-refractivity contribution < 1.29 is 14.3 Å². The lowest BCUT2D eigenvalue weighted by atomic mass is 9.86. The highest BCUT2D eigenvalue weighted by molar-refractivity contribution is 5.91. The van der Waals surface area contributed by atoms with Gasteiger partial charge in [-0.25, -0.2) is 0 Å². The van der Waals surface area contributed by atoms with Gasteiger partial charge in [0.15, 0.2) is 6.61 Å². The lowest BCUT2D eigenvalue weighted by Crippen LogP contribution is -2.21. The fraction of sp³-hybridized carbons (Fsp3) is 0.381. The Morgan fingerprint density at radius 3 is 2.32 bits per heavy atom. The molecule has 0 aliphatic carbocycles. The molecule has 0 bridgehead atoms. The lowest BCUT2D eigenvalue weighted by molar-refractivity contribution is -0.118. The molecule has 2 rings (SSSR count). The summed E-state index contributed by atoms with van der Waals surface area (Å²) in [5, 5.41) is 2.83. The van der Waals surface area contributed by atoms with Crippen LogP contribution in [0.15, 0.2) is 48.5 Å². The quantitative estimate of drug-likeness (QED) is 0.787. The summed E-state index contributed by atoms with van der Waals surface area (Å²) in [4.78, 5) is 12.1. The predicted octanol–water partition coefficient (Wildman–Crippen LogP) is 4.79. The van der Waals surface area contributed by atoms with E-state index in [-0.39, 0.29) is 17.9 Å². The van der Waals surface area contributed by atoms with E-state index in [1.807, 2.05) is 48.5 Å². The minimum Gasteiger partial charge on any atom is -0.494 e. The Morgan fingerprint density at radius 2 is 1.68 bits per heavy atom. The predicted molar refractivity (Wildman–Crippen MR) is 101 cm³/mol. The molecule has 0 fully saturated rings. The highest BCUT2D eigenvalue weighted by Gasteiger charge is 2.18. The van der Waals surface area contributed by atoms with Gasteiger partial charge in [-0.05, 0) is 47.7 Å². The second-order valence-electron chi connectivity index (χ2n) is 6.96. The lowest BCUT2D eigenvalue weighted by Gasteiger charge is -2.22. The zero-order valence-electron chi connectivity index (χ0n) is 15.5. The molecular weight excluding hydrogens is 314 g/mol. The van der Waals surface area contributed by atoms with Crippen molar-refractivity contribution in [2.45, 2.75) is 39.5 Å². The second kappa shape index (κ2) is 8.56. The third kappa shape index (κ3) is 5.82. The number of amides is 1. The molecule has 2 aromatic rings. The van der Waals surface area contributed by atoms with Gasteiger partial charge >= 0.3 is 0 Å². The first-order chi connectivity index (χ1) is 11.9. The number of ether oxygens (including phenoxy) is 2. The van der Waals surface area contributed by atoms with E-state index in [0.29, 0.717) is 6.61 Å². The molecule has 1 N–H and O–H groups in total. The standard InChI is InChI=1S/C21H27NO3/c1-5-14-24-17-12-10-16(11-13-17)22-20(23)15-25-19-9-7-6-8-18(19)21(2,3)4/h6-13H,5,14-15H2,1-4H3,(H,22,23). The molecule has 0 heterocycles. The van der Waals surface area contributed by atoms with E-state index in [1.54, 1.807) is 0 Å². The molecule has 25 heavy (non-hydrogen) atoms. The third-order valence-electron chi connectivity index (χ3n) is 3.66. The number of nitrogens with one attached hydrogen (secondary N) is 1. The molecule has 4 nitrogen and oxygen atoms in total. The first kappa shape index (κ1) is 18.8. The molecule has 4 heteroatoms. The van der Waals surface area contributed by atoms with Gasteiger partial charge in [-0.3, -0.25) is 4.79 Å². The molecule has 0 aliphatic heterocycles. The summed E-state index contributed by atoms with van der Waals surface area (Å²) in [5.74, 6) is 1.36. The fourth-order valence-electron chi connectivity index (χ4n) is 2.41. The molecule has 0 aromatic heterocycles. The molecule has 0 atom stereocenters. The van der Waals surface area contributed by atoms with E-state index < -0.39 is 0 Å². The van der Waals surface area contributed by atoms with Crippen LogP contribution in [0.3, 0.4) is 0 Å². The van der Waals surface area contributed by atoms with E-state index in [2.05, 4.69) is 33.0 Å². The summed E-state index contributed by atoms with van der Waals surface area (Å²) in [6.45, 7) is 9.09. The van der Waals surface area contributed by atoms with E-state index in [0.717, 1.165) is 29.2 Å². The number of carbonyl (C=O) groups is 1. The number of carbonyl (C=O) groups excluding carboxylic acids is 1. The Labute approximate surface area is 150 Å². The Hall–Kier alpha value is -2.49. The fourth-order valence-corrected chi connectivity index (χ4v) is 2.41. The summed E-state index contributed by atoms with van der Waals surface area (Å²) >= 11 is 0. The average Bonchev–Trinajstić information content (AvgIpc) is 2.59. The molecule has 1 amide bonds. The van der Waals surface area contributed by atoms with Gasteiger partial charge in [0.05, 0.1) is 6.61 Å². The summed E-state index contributed by atoms with van der Waals surface area (Å²) in [5.41, 5.74) is 1.77. The van der Waals surface area contributed by atoms with Crippen LogP contribution in [-0.4, -0.2) is 19.1 Å². The average molecular weight is 341 g/mol. The van der Waals surface area contributed by atoms with Crippen molar-refractivity contribution >= 4 is 11.6 Å².